The third-order valence-corrected chi connectivity index (χ3v) is 3.28. The van der Waals surface area contributed by atoms with Gasteiger partial charge in [-0.25, -0.2) is 0 Å². The molecule has 1 atom stereocenters. The van der Waals surface area contributed by atoms with Crippen LogP contribution in [0.25, 0.3) is 0 Å². The summed E-state index contributed by atoms with van der Waals surface area (Å²) >= 11 is 0. The Hall–Kier alpha value is -1.26. The van der Waals surface area contributed by atoms with Crippen LogP contribution in [0.3, 0.4) is 0 Å². The van der Waals surface area contributed by atoms with E-state index in [-0.39, 0.29) is 0 Å². The Morgan fingerprint density at radius 3 is 2.78 bits per heavy atom. The van der Waals surface area contributed by atoms with Gasteiger partial charge in [-0.15, -0.1) is 0 Å². The van der Waals surface area contributed by atoms with E-state index in [1.54, 1.807) is 0 Å². The van der Waals surface area contributed by atoms with Crippen LogP contribution in [-0.4, -0.2) is 38.4 Å². The molecule has 0 saturated carbocycles. The van der Waals surface area contributed by atoms with Crippen molar-refractivity contribution in [1.82, 2.24) is 10.2 Å². The minimum absolute atomic E-state index is 0.328. The molecular weight excluding hydrogens is 228 g/mol. The number of benzene rings is 1. The molecule has 1 aliphatic heterocycles. The highest BCUT2D eigenvalue weighted by molar-refractivity contribution is 5.45. The van der Waals surface area contributed by atoms with Crippen LogP contribution in [0.2, 0.25) is 0 Å². The molecule has 0 amide bonds. The standard InChI is InChI=1S/C14H22N2O2/c1-4-15-12(9-16(3)5-2)11-6-7-13-14(8-11)18-10-17-13/h6-8,12,15H,4-5,9-10H2,1-3H3. The van der Waals surface area contributed by atoms with E-state index >= 15 is 0 Å². The second-order valence-corrected chi connectivity index (χ2v) is 4.58. The molecule has 1 aromatic rings. The number of fused-ring (bicyclic) bond motifs is 1. The van der Waals surface area contributed by atoms with Gasteiger partial charge in [-0.2, -0.15) is 0 Å². The van der Waals surface area contributed by atoms with Crippen LogP contribution in [-0.2, 0) is 0 Å². The summed E-state index contributed by atoms with van der Waals surface area (Å²) in [5, 5.41) is 3.52. The summed E-state index contributed by atoms with van der Waals surface area (Å²) < 4.78 is 10.8. The zero-order chi connectivity index (χ0) is 13.0. The lowest BCUT2D eigenvalue weighted by molar-refractivity contribution is 0.174. The van der Waals surface area contributed by atoms with Gasteiger partial charge < -0.3 is 19.7 Å². The highest BCUT2D eigenvalue weighted by Crippen LogP contribution is 2.34. The SMILES string of the molecule is CCNC(CN(C)CC)c1ccc2c(c1)OCO2. The van der Waals surface area contributed by atoms with E-state index in [9.17, 15) is 0 Å². The van der Waals surface area contributed by atoms with Crippen LogP contribution < -0.4 is 14.8 Å². The van der Waals surface area contributed by atoms with Crippen molar-refractivity contribution >= 4 is 0 Å². The molecule has 100 valence electrons. The molecule has 1 unspecified atom stereocenters. The highest BCUT2D eigenvalue weighted by atomic mass is 16.7. The highest BCUT2D eigenvalue weighted by Gasteiger charge is 2.18. The van der Waals surface area contributed by atoms with E-state index < -0.39 is 0 Å². The van der Waals surface area contributed by atoms with E-state index in [1.165, 1.54) is 5.56 Å². The number of nitrogens with one attached hydrogen (secondary N) is 1. The van der Waals surface area contributed by atoms with Crippen molar-refractivity contribution in [3.05, 3.63) is 23.8 Å². The third kappa shape index (κ3) is 2.94. The first-order valence-electron chi connectivity index (χ1n) is 6.56. The summed E-state index contributed by atoms with van der Waals surface area (Å²) in [7, 11) is 2.14. The first kappa shape index (κ1) is 13.2. The predicted octanol–water partition coefficient (Wildman–Crippen LogP) is 2.02. The Balaban J connectivity index is 2.14. The van der Waals surface area contributed by atoms with Crippen LogP contribution in [0.15, 0.2) is 18.2 Å². The lowest BCUT2D eigenvalue weighted by Gasteiger charge is -2.24. The molecule has 2 rings (SSSR count). The van der Waals surface area contributed by atoms with Crippen molar-refractivity contribution in [2.75, 3.05) is 33.5 Å². The average molecular weight is 250 g/mol. The Labute approximate surface area is 109 Å². The van der Waals surface area contributed by atoms with E-state index in [2.05, 4.69) is 43.2 Å². The Morgan fingerprint density at radius 2 is 2.06 bits per heavy atom. The molecule has 0 aliphatic carbocycles. The van der Waals surface area contributed by atoms with Crippen molar-refractivity contribution in [3.8, 4) is 11.5 Å². The molecule has 1 aliphatic rings. The van der Waals surface area contributed by atoms with E-state index in [1.807, 2.05) is 6.07 Å². The topological polar surface area (TPSA) is 33.7 Å². The maximum absolute atomic E-state index is 5.44. The lowest BCUT2D eigenvalue weighted by atomic mass is 10.1. The van der Waals surface area contributed by atoms with Crippen LogP contribution in [0.1, 0.15) is 25.5 Å². The zero-order valence-corrected chi connectivity index (χ0v) is 11.4. The Kier molecular flexibility index (Phi) is 4.44. The van der Waals surface area contributed by atoms with Gasteiger partial charge in [-0.3, -0.25) is 0 Å². The smallest absolute Gasteiger partial charge is 0.231 e. The van der Waals surface area contributed by atoms with E-state index in [4.69, 9.17) is 9.47 Å². The van der Waals surface area contributed by atoms with Crippen LogP contribution >= 0.6 is 0 Å². The van der Waals surface area contributed by atoms with Gasteiger partial charge in [0.1, 0.15) is 0 Å². The average Bonchev–Trinajstić information content (AvgIpc) is 2.85. The van der Waals surface area contributed by atoms with Crippen LogP contribution in [0.5, 0.6) is 11.5 Å². The molecule has 1 N–H and O–H groups in total. The first-order chi connectivity index (χ1) is 8.74. The largest absolute Gasteiger partial charge is 0.454 e. The summed E-state index contributed by atoms with van der Waals surface area (Å²) in [6.07, 6.45) is 0. The molecule has 0 fully saturated rings. The fraction of sp³-hybridized carbons (Fsp3) is 0.571. The van der Waals surface area contributed by atoms with E-state index in [0.717, 1.165) is 31.1 Å². The number of likely N-dealkylation sites (N-methyl/N-ethyl adjacent to an activating group) is 2. The van der Waals surface area contributed by atoms with Crippen LogP contribution in [0.4, 0.5) is 0 Å². The summed E-state index contributed by atoms with van der Waals surface area (Å²) in [5.41, 5.74) is 1.25. The predicted molar refractivity (Wildman–Crippen MR) is 72.2 cm³/mol. The van der Waals surface area contributed by atoms with Gasteiger partial charge in [0, 0.05) is 12.6 Å². The Morgan fingerprint density at radius 1 is 1.28 bits per heavy atom. The van der Waals surface area contributed by atoms with Gasteiger partial charge in [-0.1, -0.05) is 19.9 Å². The van der Waals surface area contributed by atoms with Gasteiger partial charge in [0.2, 0.25) is 6.79 Å². The monoisotopic (exact) mass is 250 g/mol. The summed E-state index contributed by atoms with van der Waals surface area (Å²) in [6.45, 7) is 7.63. The summed E-state index contributed by atoms with van der Waals surface area (Å²) in [5.74, 6) is 1.70. The second kappa shape index (κ2) is 6.07. The molecule has 4 nitrogen and oxygen atoms in total. The molecule has 0 aromatic heterocycles. The summed E-state index contributed by atoms with van der Waals surface area (Å²) in [6, 6.07) is 6.52. The molecule has 0 saturated heterocycles. The van der Waals surface area contributed by atoms with Gasteiger partial charge in [0.25, 0.3) is 0 Å². The molecule has 0 radical (unpaired) electrons. The quantitative estimate of drug-likeness (QED) is 0.837. The maximum Gasteiger partial charge on any atom is 0.231 e. The normalized spacial score (nSPS) is 15.1. The number of hydrogen-bond acceptors (Lipinski definition) is 4. The fourth-order valence-corrected chi connectivity index (χ4v) is 2.10. The maximum atomic E-state index is 5.44. The van der Waals surface area contributed by atoms with Crippen molar-refractivity contribution in [2.24, 2.45) is 0 Å². The number of rotatable bonds is 6. The third-order valence-electron chi connectivity index (χ3n) is 3.28. The second-order valence-electron chi connectivity index (χ2n) is 4.58. The molecule has 18 heavy (non-hydrogen) atoms. The van der Waals surface area contributed by atoms with Gasteiger partial charge in [-0.05, 0) is 37.8 Å². The molecule has 1 aromatic carbocycles. The van der Waals surface area contributed by atoms with Crippen molar-refractivity contribution in [1.29, 1.82) is 0 Å². The molecule has 4 heteroatoms. The number of nitrogens with zero attached hydrogens (tertiary/aromatic N) is 1. The molecule has 0 spiro atoms. The first-order valence-corrected chi connectivity index (χ1v) is 6.56. The molecule has 0 bridgehead atoms. The van der Waals surface area contributed by atoms with Crippen LogP contribution in [0, 0.1) is 0 Å². The summed E-state index contributed by atoms with van der Waals surface area (Å²) in [4.78, 5) is 2.30. The van der Waals surface area contributed by atoms with E-state index in [0.29, 0.717) is 12.8 Å². The lowest BCUT2D eigenvalue weighted by Crippen LogP contribution is -2.32. The van der Waals surface area contributed by atoms with Gasteiger partial charge >= 0.3 is 0 Å². The minimum atomic E-state index is 0.328. The fourth-order valence-electron chi connectivity index (χ4n) is 2.10. The Bertz CT molecular complexity index is 395. The number of hydrogen-bond donors (Lipinski definition) is 1. The van der Waals surface area contributed by atoms with Gasteiger partial charge in [0.15, 0.2) is 11.5 Å². The van der Waals surface area contributed by atoms with Crippen molar-refractivity contribution in [2.45, 2.75) is 19.9 Å². The van der Waals surface area contributed by atoms with Crippen molar-refractivity contribution < 1.29 is 9.47 Å². The number of ether oxygens (including phenoxy) is 2. The molecular formula is C14H22N2O2. The molecule has 1 heterocycles. The van der Waals surface area contributed by atoms with Gasteiger partial charge in [0.05, 0.1) is 0 Å². The zero-order valence-electron chi connectivity index (χ0n) is 11.4. The minimum Gasteiger partial charge on any atom is -0.454 e. The van der Waals surface area contributed by atoms with Crippen molar-refractivity contribution in [3.63, 3.8) is 0 Å².